The highest BCUT2D eigenvalue weighted by molar-refractivity contribution is 7.89. The molecule has 0 amide bonds. The predicted molar refractivity (Wildman–Crippen MR) is 126 cm³/mol. The van der Waals surface area contributed by atoms with Crippen LogP contribution in [0.15, 0.2) is 88.9 Å². The lowest BCUT2D eigenvalue weighted by molar-refractivity contribution is 0.107. The zero-order valence-electron chi connectivity index (χ0n) is 17.5. The van der Waals surface area contributed by atoms with Crippen molar-refractivity contribution < 1.29 is 13.5 Å². The lowest BCUT2D eigenvalue weighted by atomic mass is 9.84. The van der Waals surface area contributed by atoms with E-state index in [2.05, 4.69) is 9.71 Å². The second-order valence-corrected chi connectivity index (χ2v) is 9.81. The van der Waals surface area contributed by atoms with Gasteiger partial charge in [0.05, 0.1) is 21.8 Å². The van der Waals surface area contributed by atoms with Gasteiger partial charge >= 0.3 is 0 Å². The van der Waals surface area contributed by atoms with Crippen LogP contribution in [0.4, 0.5) is 5.69 Å². The largest absolute Gasteiger partial charge is 0.379 e. The quantitative estimate of drug-likeness (QED) is 0.416. The molecule has 4 aromatic rings. The molecule has 0 unspecified atom stereocenters. The minimum Gasteiger partial charge on any atom is -0.379 e. The number of aliphatic imine (C=N–C) groups is 1. The molecule has 6 nitrogen and oxygen atoms in total. The standard InChI is InChI=1S/C25H23N3O3S/c1-17-9-11-19(12-10-17)32(30,31)27-16-14-25(29)21-7-2-3-8-22(21)28-24(25)20-6-4-5-18-13-15-26-23(18)20/h2-13,15,26-27,29H,14,16H2,1H3/t25-/m1/s1. The van der Waals surface area contributed by atoms with Crippen molar-refractivity contribution in [1.82, 2.24) is 9.71 Å². The van der Waals surface area contributed by atoms with E-state index in [0.29, 0.717) is 17.0 Å². The first-order chi connectivity index (χ1) is 15.4. The van der Waals surface area contributed by atoms with Gasteiger partial charge < -0.3 is 10.1 Å². The van der Waals surface area contributed by atoms with Gasteiger partial charge in [-0.15, -0.1) is 0 Å². The van der Waals surface area contributed by atoms with Crippen molar-refractivity contribution in [3.63, 3.8) is 0 Å². The summed E-state index contributed by atoms with van der Waals surface area (Å²) in [5.41, 5.74) is 3.13. The second-order valence-electron chi connectivity index (χ2n) is 8.05. The number of benzene rings is 3. The average molecular weight is 446 g/mol. The Labute approximate surface area is 186 Å². The number of aliphatic hydroxyl groups is 1. The fourth-order valence-corrected chi connectivity index (χ4v) is 5.28. The average Bonchev–Trinajstić information content (AvgIpc) is 3.37. The Balaban J connectivity index is 1.47. The minimum absolute atomic E-state index is 0.0563. The predicted octanol–water partition coefficient (Wildman–Crippen LogP) is 4.17. The van der Waals surface area contributed by atoms with Crippen molar-refractivity contribution in [2.45, 2.75) is 23.8 Å². The highest BCUT2D eigenvalue weighted by atomic mass is 32.2. The monoisotopic (exact) mass is 445 g/mol. The number of rotatable bonds is 6. The van der Waals surface area contributed by atoms with Gasteiger partial charge in [-0.05, 0) is 37.6 Å². The summed E-state index contributed by atoms with van der Waals surface area (Å²) >= 11 is 0. The number of hydrogen-bond donors (Lipinski definition) is 3. The molecule has 0 spiro atoms. The van der Waals surface area contributed by atoms with Crippen LogP contribution in [0.5, 0.6) is 0 Å². The molecular formula is C25H23N3O3S. The Bertz CT molecular complexity index is 1440. The summed E-state index contributed by atoms with van der Waals surface area (Å²) in [6.45, 7) is 1.96. The molecule has 7 heteroatoms. The molecule has 0 saturated heterocycles. The van der Waals surface area contributed by atoms with Crippen LogP contribution in [-0.2, 0) is 15.6 Å². The highest BCUT2D eigenvalue weighted by Crippen LogP contribution is 2.43. The Kier molecular flexibility index (Phi) is 4.97. The van der Waals surface area contributed by atoms with Crippen LogP contribution in [0, 0.1) is 6.92 Å². The minimum atomic E-state index is -3.69. The van der Waals surface area contributed by atoms with E-state index in [1.807, 2.05) is 61.7 Å². The zero-order valence-corrected chi connectivity index (χ0v) is 18.4. The molecule has 0 radical (unpaired) electrons. The molecule has 3 aromatic carbocycles. The first-order valence-corrected chi connectivity index (χ1v) is 11.9. The fraction of sp³-hybridized carbons (Fsp3) is 0.160. The molecule has 32 heavy (non-hydrogen) atoms. The number of nitrogens with zero attached hydrogens (tertiary/aromatic N) is 1. The van der Waals surface area contributed by atoms with Crippen LogP contribution in [-0.4, -0.2) is 30.8 Å². The maximum absolute atomic E-state index is 12.7. The van der Waals surface area contributed by atoms with Crippen molar-refractivity contribution in [3.8, 4) is 0 Å². The smallest absolute Gasteiger partial charge is 0.240 e. The topological polar surface area (TPSA) is 94.5 Å². The van der Waals surface area contributed by atoms with E-state index < -0.39 is 15.6 Å². The van der Waals surface area contributed by atoms with Crippen LogP contribution in [0.1, 0.15) is 23.1 Å². The van der Waals surface area contributed by atoms with Crippen LogP contribution in [0.2, 0.25) is 0 Å². The van der Waals surface area contributed by atoms with Crippen LogP contribution in [0.25, 0.3) is 10.9 Å². The molecule has 1 aliphatic heterocycles. The number of nitrogens with one attached hydrogen (secondary N) is 2. The summed E-state index contributed by atoms with van der Waals surface area (Å²) in [5, 5.41) is 12.9. The molecule has 0 saturated carbocycles. The van der Waals surface area contributed by atoms with Gasteiger partial charge in [0, 0.05) is 29.3 Å². The number of H-pyrrole nitrogens is 1. The Morgan fingerprint density at radius 2 is 1.78 bits per heavy atom. The Morgan fingerprint density at radius 3 is 2.59 bits per heavy atom. The summed E-state index contributed by atoms with van der Waals surface area (Å²) in [5.74, 6) is 0. The van der Waals surface area contributed by atoms with Crippen LogP contribution < -0.4 is 4.72 Å². The lowest BCUT2D eigenvalue weighted by Crippen LogP contribution is -2.38. The van der Waals surface area contributed by atoms with Crippen LogP contribution >= 0.6 is 0 Å². The Hall–Kier alpha value is -3.26. The van der Waals surface area contributed by atoms with E-state index in [-0.39, 0.29) is 17.9 Å². The van der Waals surface area contributed by atoms with Crippen molar-refractivity contribution in [3.05, 3.63) is 95.7 Å². The number of aryl methyl sites for hydroxylation is 1. The second kappa shape index (κ2) is 7.70. The highest BCUT2D eigenvalue weighted by Gasteiger charge is 2.42. The molecule has 5 rings (SSSR count). The number of fused-ring (bicyclic) bond motifs is 2. The summed E-state index contributed by atoms with van der Waals surface area (Å²) in [7, 11) is -3.69. The molecular weight excluding hydrogens is 422 g/mol. The van der Waals surface area contributed by atoms with E-state index in [1.54, 1.807) is 24.3 Å². The molecule has 1 atom stereocenters. The lowest BCUT2D eigenvalue weighted by Gasteiger charge is -2.27. The molecule has 1 aliphatic rings. The zero-order chi connectivity index (χ0) is 22.3. The Morgan fingerprint density at radius 1 is 1.00 bits per heavy atom. The number of aromatic nitrogens is 1. The third-order valence-electron chi connectivity index (χ3n) is 5.93. The third-order valence-corrected chi connectivity index (χ3v) is 7.40. The summed E-state index contributed by atoms with van der Waals surface area (Å²) in [6.07, 6.45) is 2.00. The molecule has 2 heterocycles. The van der Waals surface area contributed by atoms with E-state index in [1.165, 1.54) is 0 Å². The van der Waals surface area contributed by atoms with Gasteiger partial charge in [-0.1, -0.05) is 54.1 Å². The number of sulfonamides is 1. The number of aromatic amines is 1. The number of para-hydroxylation sites is 2. The van der Waals surface area contributed by atoms with E-state index in [9.17, 15) is 13.5 Å². The molecule has 0 fully saturated rings. The van der Waals surface area contributed by atoms with E-state index >= 15 is 0 Å². The molecule has 162 valence electrons. The molecule has 0 bridgehead atoms. The summed E-state index contributed by atoms with van der Waals surface area (Å²) in [6, 6.07) is 21.9. The van der Waals surface area contributed by atoms with Gasteiger partial charge in [-0.2, -0.15) is 0 Å². The van der Waals surface area contributed by atoms with Gasteiger partial charge in [0.25, 0.3) is 0 Å². The summed E-state index contributed by atoms with van der Waals surface area (Å²) in [4.78, 5) is 8.19. The van der Waals surface area contributed by atoms with Gasteiger partial charge in [0.15, 0.2) is 0 Å². The fourth-order valence-electron chi connectivity index (χ4n) is 4.25. The molecule has 1 aromatic heterocycles. The third kappa shape index (κ3) is 3.44. The van der Waals surface area contributed by atoms with Crippen LogP contribution in [0.3, 0.4) is 0 Å². The van der Waals surface area contributed by atoms with Crippen molar-refractivity contribution >= 4 is 32.3 Å². The van der Waals surface area contributed by atoms with Gasteiger partial charge in [-0.3, -0.25) is 0 Å². The van der Waals surface area contributed by atoms with Crippen molar-refractivity contribution in [1.29, 1.82) is 0 Å². The van der Waals surface area contributed by atoms with Gasteiger partial charge in [0.2, 0.25) is 10.0 Å². The first-order valence-electron chi connectivity index (χ1n) is 10.4. The maximum atomic E-state index is 12.7. The maximum Gasteiger partial charge on any atom is 0.240 e. The van der Waals surface area contributed by atoms with Gasteiger partial charge in [0.1, 0.15) is 5.60 Å². The summed E-state index contributed by atoms with van der Waals surface area (Å²) < 4.78 is 28.1. The van der Waals surface area contributed by atoms with Crippen molar-refractivity contribution in [2.24, 2.45) is 4.99 Å². The van der Waals surface area contributed by atoms with E-state index in [0.717, 1.165) is 22.0 Å². The molecule has 3 N–H and O–H groups in total. The first kappa shape index (κ1) is 20.6. The molecule has 0 aliphatic carbocycles. The SMILES string of the molecule is Cc1ccc(S(=O)(=O)NCC[C@]2(O)C(c3cccc4cc[nH]c34)=Nc3ccccc32)cc1. The van der Waals surface area contributed by atoms with Gasteiger partial charge in [-0.25, -0.2) is 18.1 Å². The van der Waals surface area contributed by atoms with E-state index in [4.69, 9.17) is 4.99 Å². The normalized spacial score (nSPS) is 18.0. The van der Waals surface area contributed by atoms with Crippen molar-refractivity contribution in [2.75, 3.05) is 6.54 Å². The number of hydrogen-bond acceptors (Lipinski definition) is 4.